The molecule has 0 aliphatic rings. The number of thiocarbonyl (C=S) groups is 1. The SMILES string of the molecule is Cc1cc(Br)cc(Br)c1OCC(=O)NNC(=S)NC(=O)c1cc(Br)ccc1OCCc1ccccc1. The van der Waals surface area contributed by atoms with Crippen molar-refractivity contribution in [3.8, 4) is 11.5 Å². The van der Waals surface area contributed by atoms with E-state index in [1.54, 1.807) is 18.2 Å². The molecule has 3 aromatic carbocycles. The Morgan fingerprint density at radius 2 is 1.67 bits per heavy atom. The maximum atomic E-state index is 12.8. The van der Waals surface area contributed by atoms with E-state index in [4.69, 9.17) is 21.7 Å². The molecule has 0 radical (unpaired) electrons. The van der Waals surface area contributed by atoms with Crippen LogP contribution in [0.2, 0.25) is 0 Å². The normalized spacial score (nSPS) is 10.3. The lowest BCUT2D eigenvalue weighted by Crippen LogP contribution is -2.49. The van der Waals surface area contributed by atoms with Gasteiger partial charge in [-0.3, -0.25) is 25.8 Å². The molecule has 11 heteroatoms. The van der Waals surface area contributed by atoms with Crippen molar-refractivity contribution < 1.29 is 19.1 Å². The van der Waals surface area contributed by atoms with E-state index in [2.05, 4.69) is 64.0 Å². The van der Waals surface area contributed by atoms with Gasteiger partial charge in [0.2, 0.25) is 0 Å². The number of ether oxygens (including phenoxy) is 2. The third kappa shape index (κ3) is 8.58. The topological polar surface area (TPSA) is 88.7 Å². The summed E-state index contributed by atoms with van der Waals surface area (Å²) in [6.07, 6.45) is 0.697. The standard InChI is InChI=1S/C25H22Br3N3O4S/c1-15-11-18(27)13-20(28)23(15)35-14-22(32)30-31-25(36)29-24(33)19-12-17(26)7-8-21(19)34-10-9-16-5-3-2-4-6-16/h2-8,11-13H,9-10,14H2,1H3,(H,30,32)(H2,29,31,33,36). The van der Waals surface area contributed by atoms with Gasteiger partial charge >= 0.3 is 0 Å². The molecule has 0 aliphatic carbocycles. The fourth-order valence-corrected chi connectivity index (χ4v) is 5.16. The minimum atomic E-state index is -0.483. The van der Waals surface area contributed by atoms with Gasteiger partial charge in [0.25, 0.3) is 11.8 Å². The second-order valence-corrected chi connectivity index (χ2v) is 10.6. The fraction of sp³-hybridized carbons (Fsp3) is 0.160. The van der Waals surface area contributed by atoms with Crippen LogP contribution in [0.15, 0.2) is 74.1 Å². The van der Waals surface area contributed by atoms with Crippen LogP contribution in [0.1, 0.15) is 21.5 Å². The fourth-order valence-electron chi connectivity index (χ4n) is 3.10. The van der Waals surface area contributed by atoms with Gasteiger partial charge in [-0.25, -0.2) is 0 Å². The van der Waals surface area contributed by atoms with Crippen molar-refractivity contribution in [1.29, 1.82) is 0 Å². The summed E-state index contributed by atoms with van der Waals surface area (Å²) in [5, 5.41) is 2.46. The van der Waals surface area contributed by atoms with E-state index in [9.17, 15) is 9.59 Å². The first-order chi connectivity index (χ1) is 17.2. The van der Waals surface area contributed by atoms with Crippen LogP contribution in [0, 0.1) is 6.92 Å². The van der Waals surface area contributed by atoms with Gasteiger partial charge in [-0.15, -0.1) is 0 Å². The summed E-state index contributed by atoms with van der Waals surface area (Å²) in [5.74, 6) is 0.0117. The average molecular weight is 700 g/mol. The maximum absolute atomic E-state index is 12.8. The Morgan fingerprint density at radius 3 is 2.39 bits per heavy atom. The van der Waals surface area contributed by atoms with Crippen molar-refractivity contribution >= 4 is 76.9 Å². The number of amides is 2. The molecule has 0 aliphatic heterocycles. The molecule has 3 rings (SSSR count). The van der Waals surface area contributed by atoms with Crippen molar-refractivity contribution in [2.75, 3.05) is 13.2 Å². The van der Waals surface area contributed by atoms with Crippen molar-refractivity contribution in [3.05, 3.63) is 90.8 Å². The number of carbonyl (C=O) groups is 2. The molecule has 0 spiro atoms. The lowest BCUT2D eigenvalue weighted by molar-refractivity contribution is -0.123. The molecule has 3 aromatic rings. The minimum absolute atomic E-state index is 0.0791. The Labute approximate surface area is 239 Å². The number of aryl methyl sites for hydroxylation is 1. The molecular formula is C25H22Br3N3O4S. The first-order valence-electron chi connectivity index (χ1n) is 10.7. The zero-order chi connectivity index (χ0) is 26.1. The molecule has 0 saturated carbocycles. The summed E-state index contributed by atoms with van der Waals surface area (Å²) in [5.41, 5.74) is 7.20. The van der Waals surface area contributed by atoms with Gasteiger partial charge in [0.05, 0.1) is 16.6 Å². The molecule has 3 N–H and O–H groups in total. The molecule has 0 heterocycles. The quantitative estimate of drug-likeness (QED) is 0.209. The van der Waals surface area contributed by atoms with Crippen LogP contribution in [0.4, 0.5) is 0 Å². The van der Waals surface area contributed by atoms with Crippen LogP contribution < -0.4 is 25.6 Å². The van der Waals surface area contributed by atoms with Crippen LogP contribution in [-0.2, 0) is 11.2 Å². The van der Waals surface area contributed by atoms with Gasteiger partial charge in [-0.05, 0) is 76.5 Å². The van der Waals surface area contributed by atoms with Gasteiger partial charge in [-0.2, -0.15) is 0 Å². The van der Waals surface area contributed by atoms with Crippen molar-refractivity contribution in [3.63, 3.8) is 0 Å². The third-order valence-corrected chi connectivity index (χ3v) is 6.51. The van der Waals surface area contributed by atoms with E-state index in [-0.39, 0.29) is 11.7 Å². The summed E-state index contributed by atoms with van der Waals surface area (Å²) in [7, 11) is 0. The second kappa shape index (κ2) is 13.7. The molecule has 0 aromatic heterocycles. The van der Waals surface area contributed by atoms with Crippen LogP contribution >= 0.6 is 60.0 Å². The van der Waals surface area contributed by atoms with Gasteiger partial charge in [-0.1, -0.05) is 62.2 Å². The van der Waals surface area contributed by atoms with E-state index >= 15 is 0 Å². The Hall–Kier alpha value is -2.47. The minimum Gasteiger partial charge on any atom is -0.492 e. The lowest BCUT2D eigenvalue weighted by Gasteiger charge is -2.15. The Morgan fingerprint density at radius 1 is 0.917 bits per heavy atom. The van der Waals surface area contributed by atoms with Crippen molar-refractivity contribution in [1.82, 2.24) is 16.2 Å². The molecule has 7 nitrogen and oxygen atoms in total. The summed E-state index contributed by atoms with van der Waals surface area (Å²) in [6.45, 7) is 2.02. The molecule has 36 heavy (non-hydrogen) atoms. The molecule has 0 unspecified atom stereocenters. The number of rotatable bonds is 8. The van der Waals surface area contributed by atoms with Gasteiger partial charge in [0.15, 0.2) is 11.7 Å². The second-order valence-electron chi connectivity index (χ2n) is 7.50. The Bertz CT molecular complexity index is 1240. The van der Waals surface area contributed by atoms with E-state index < -0.39 is 11.8 Å². The Kier molecular flexibility index (Phi) is 10.7. The number of hydrogen-bond donors (Lipinski definition) is 3. The molecule has 2 amide bonds. The first-order valence-corrected chi connectivity index (χ1v) is 13.5. The summed E-state index contributed by atoms with van der Waals surface area (Å²) in [6, 6.07) is 18.8. The van der Waals surface area contributed by atoms with Crippen molar-refractivity contribution in [2.24, 2.45) is 0 Å². The van der Waals surface area contributed by atoms with E-state index in [1.165, 1.54) is 0 Å². The average Bonchev–Trinajstić information content (AvgIpc) is 2.83. The first kappa shape index (κ1) is 28.1. The van der Waals surface area contributed by atoms with Gasteiger partial charge in [0.1, 0.15) is 11.5 Å². The number of nitrogens with one attached hydrogen (secondary N) is 3. The van der Waals surface area contributed by atoms with E-state index in [0.717, 1.165) is 15.6 Å². The monoisotopic (exact) mass is 697 g/mol. The highest BCUT2D eigenvalue weighted by Gasteiger charge is 2.16. The molecule has 188 valence electrons. The zero-order valence-electron chi connectivity index (χ0n) is 19.1. The molecule has 0 atom stereocenters. The number of halogens is 3. The molecule has 0 bridgehead atoms. The highest BCUT2D eigenvalue weighted by Crippen LogP contribution is 2.32. The summed E-state index contributed by atoms with van der Waals surface area (Å²) < 4.78 is 13.8. The van der Waals surface area contributed by atoms with Gasteiger partial charge < -0.3 is 9.47 Å². The number of carbonyl (C=O) groups excluding carboxylic acids is 2. The lowest BCUT2D eigenvalue weighted by atomic mass is 10.1. The predicted octanol–water partition coefficient (Wildman–Crippen LogP) is 5.62. The Balaban J connectivity index is 1.50. The van der Waals surface area contributed by atoms with Crippen LogP contribution in [0.5, 0.6) is 11.5 Å². The highest BCUT2D eigenvalue weighted by molar-refractivity contribution is 9.11. The van der Waals surface area contributed by atoms with Crippen molar-refractivity contribution in [2.45, 2.75) is 13.3 Å². The molecular weight excluding hydrogens is 678 g/mol. The zero-order valence-corrected chi connectivity index (χ0v) is 24.6. The highest BCUT2D eigenvalue weighted by atomic mass is 79.9. The van der Waals surface area contributed by atoms with E-state index in [1.807, 2.05) is 49.4 Å². The predicted molar refractivity (Wildman–Crippen MR) is 153 cm³/mol. The largest absolute Gasteiger partial charge is 0.492 e. The maximum Gasteiger partial charge on any atom is 0.276 e. The van der Waals surface area contributed by atoms with Gasteiger partial charge in [0, 0.05) is 15.4 Å². The summed E-state index contributed by atoms with van der Waals surface area (Å²) >= 11 is 15.3. The number of benzene rings is 3. The smallest absolute Gasteiger partial charge is 0.276 e. The number of hydrazine groups is 1. The molecule has 0 fully saturated rings. The van der Waals surface area contributed by atoms with E-state index in [0.29, 0.717) is 39.0 Å². The van der Waals surface area contributed by atoms with Crippen LogP contribution in [-0.4, -0.2) is 30.1 Å². The number of hydrogen-bond acceptors (Lipinski definition) is 5. The molecule has 0 saturated heterocycles. The summed E-state index contributed by atoms with van der Waals surface area (Å²) in [4.78, 5) is 25.0. The van der Waals surface area contributed by atoms with Crippen LogP contribution in [0.25, 0.3) is 0 Å². The third-order valence-electron chi connectivity index (χ3n) is 4.76. The van der Waals surface area contributed by atoms with Crippen LogP contribution in [0.3, 0.4) is 0 Å².